The Labute approximate surface area is 157 Å². The minimum Gasteiger partial charge on any atom is -0.352 e. The molecule has 0 unspecified atom stereocenters. The van der Waals surface area contributed by atoms with E-state index in [0.29, 0.717) is 12.0 Å². The van der Waals surface area contributed by atoms with Gasteiger partial charge in [-0.2, -0.15) is 0 Å². The Hall–Kier alpha value is -2.76. The molecule has 1 saturated carbocycles. The minimum absolute atomic E-state index is 0.0805. The van der Waals surface area contributed by atoms with Crippen LogP contribution in [0.15, 0.2) is 48.5 Å². The van der Waals surface area contributed by atoms with Crippen molar-refractivity contribution in [3.63, 3.8) is 0 Å². The SMILES string of the molecule is O=C(CNC(=O)c1ccc(F)cc1F)NC1CCC(c2ccccc2)CC1. The molecule has 0 radical (unpaired) electrons. The van der Waals surface area contributed by atoms with Crippen molar-refractivity contribution in [3.05, 3.63) is 71.3 Å². The van der Waals surface area contributed by atoms with Crippen LogP contribution in [-0.4, -0.2) is 24.4 Å². The van der Waals surface area contributed by atoms with Gasteiger partial charge in [-0.15, -0.1) is 0 Å². The molecule has 2 aromatic carbocycles. The summed E-state index contributed by atoms with van der Waals surface area (Å²) in [7, 11) is 0. The fourth-order valence-corrected chi connectivity index (χ4v) is 3.50. The smallest absolute Gasteiger partial charge is 0.254 e. The van der Waals surface area contributed by atoms with Crippen molar-refractivity contribution in [2.75, 3.05) is 6.54 Å². The fraction of sp³-hybridized carbons (Fsp3) is 0.333. The zero-order valence-corrected chi connectivity index (χ0v) is 14.9. The molecule has 2 aromatic rings. The summed E-state index contributed by atoms with van der Waals surface area (Å²) >= 11 is 0. The van der Waals surface area contributed by atoms with Gasteiger partial charge in [0.15, 0.2) is 0 Å². The number of benzene rings is 2. The van der Waals surface area contributed by atoms with Gasteiger partial charge in [-0.05, 0) is 49.3 Å². The first-order valence-electron chi connectivity index (χ1n) is 9.10. The summed E-state index contributed by atoms with van der Waals surface area (Å²) < 4.78 is 26.5. The summed E-state index contributed by atoms with van der Waals surface area (Å²) in [6, 6.07) is 13.1. The van der Waals surface area contributed by atoms with Crippen molar-refractivity contribution in [2.24, 2.45) is 0 Å². The highest BCUT2D eigenvalue weighted by Gasteiger charge is 2.23. The number of nitrogens with one attached hydrogen (secondary N) is 2. The third kappa shape index (κ3) is 5.12. The predicted octanol–water partition coefficient (Wildman–Crippen LogP) is 3.54. The first kappa shape index (κ1) is 19.0. The normalized spacial score (nSPS) is 19.3. The van der Waals surface area contributed by atoms with Crippen molar-refractivity contribution in [3.8, 4) is 0 Å². The lowest BCUT2D eigenvalue weighted by molar-refractivity contribution is -0.121. The van der Waals surface area contributed by atoms with Crippen LogP contribution in [0.3, 0.4) is 0 Å². The number of hydrogen-bond donors (Lipinski definition) is 2. The lowest BCUT2D eigenvalue weighted by Gasteiger charge is -2.29. The number of halogens is 2. The highest BCUT2D eigenvalue weighted by atomic mass is 19.1. The van der Waals surface area contributed by atoms with Crippen LogP contribution in [0.1, 0.15) is 47.5 Å². The maximum absolute atomic E-state index is 13.6. The van der Waals surface area contributed by atoms with Crippen LogP contribution in [0.5, 0.6) is 0 Å². The maximum atomic E-state index is 13.6. The lowest BCUT2D eigenvalue weighted by atomic mass is 9.82. The van der Waals surface area contributed by atoms with E-state index in [0.717, 1.165) is 37.8 Å². The Morgan fingerprint density at radius 1 is 0.963 bits per heavy atom. The molecule has 1 fully saturated rings. The molecule has 0 bridgehead atoms. The molecule has 4 nitrogen and oxygen atoms in total. The Bertz CT molecular complexity index is 803. The third-order valence-electron chi connectivity index (χ3n) is 4.95. The van der Waals surface area contributed by atoms with E-state index in [9.17, 15) is 18.4 Å². The molecular formula is C21H22F2N2O2. The van der Waals surface area contributed by atoms with Gasteiger partial charge in [0, 0.05) is 12.1 Å². The topological polar surface area (TPSA) is 58.2 Å². The van der Waals surface area contributed by atoms with E-state index in [-0.39, 0.29) is 24.1 Å². The average molecular weight is 372 g/mol. The van der Waals surface area contributed by atoms with Gasteiger partial charge in [0.2, 0.25) is 5.91 Å². The predicted molar refractivity (Wildman–Crippen MR) is 98.3 cm³/mol. The molecule has 0 atom stereocenters. The zero-order valence-electron chi connectivity index (χ0n) is 14.9. The molecule has 3 rings (SSSR count). The van der Waals surface area contributed by atoms with Crippen molar-refractivity contribution >= 4 is 11.8 Å². The number of hydrogen-bond acceptors (Lipinski definition) is 2. The summed E-state index contributed by atoms with van der Waals surface area (Å²) in [4.78, 5) is 24.0. The van der Waals surface area contributed by atoms with Gasteiger partial charge in [-0.1, -0.05) is 30.3 Å². The highest BCUT2D eigenvalue weighted by Crippen LogP contribution is 2.32. The first-order valence-corrected chi connectivity index (χ1v) is 9.10. The van der Waals surface area contributed by atoms with Gasteiger partial charge < -0.3 is 10.6 Å². The Balaban J connectivity index is 1.43. The molecule has 0 heterocycles. The van der Waals surface area contributed by atoms with Crippen LogP contribution in [0, 0.1) is 11.6 Å². The molecule has 6 heteroatoms. The summed E-state index contributed by atoms with van der Waals surface area (Å²) in [5.41, 5.74) is 1.04. The number of amides is 2. The molecule has 1 aliphatic carbocycles. The van der Waals surface area contributed by atoms with Crippen LogP contribution >= 0.6 is 0 Å². The molecule has 2 amide bonds. The fourth-order valence-electron chi connectivity index (χ4n) is 3.50. The van der Waals surface area contributed by atoms with E-state index in [1.165, 1.54) is 5.56 Å². The van der Waals surface area contributed by atoms with Crippen LogP contribution in [0.4, 0.5) is 8.78 Å². The van der Waals surface area contributed by atoms with E-state index >= 15 is 0 Å². The second-order valence-electron chi connectivity index (χ2n) is 6.83. The number of carbonyl (C=O) groups excluding carboxylic acids is 2. The standard InChI is InChI=1S/C21H22F2N2O2/c22-16-8-11-18(19(23)12-16)21(27)24-13-20(26)25-17-9-6-15(7-10-17)14-4-2-1-3-5-14/h1-5,8,11-12,15,17H,6-7,9-10,13H2,(H,24,27)(H,25,26). The van der Waals surface area contributed by atoms with Crippen molar-refractivity contribution in [1.82, 2.24) is 10.6 Å². The lowest BCUT2D eigenvalue weighted by Crippen LogP contribution is -2.43. The summed E-state index contributed by atoms with van der Waals surface area (Å²) in [5.74, 6) is -2.25. The molecule has 27 heavy (non-hydrogen) atoms. The first-order chi connectivity index (χ1) is 13.0. The van der Waals surface area contributed by atoms with Gasteiger partial charge in [0.25, 0.3) is 5.91 Å². The van der Waals surface area contributed by atoms with Gasteiger partial charge in [0.1, 0.15) is 11.6 Å². The zero-order chi connectivity index (χ0) is 19.2. The Morgan fingerprint density at radius 2 is 1.67 bits per heavy atom. The molecule has 2 N–H and O–H groups in total. The molecule has 0 spiro atoms. The monoisotopic (exact) mass is 372 g/mol. The summed E-state index contributed by atoms with van der Waals surface area (Å²) in [5, 5.41) is 5.28. The molecule has 142 valence electrons. The molecule has 0 aliphatic heterocycles. The molecule has 1 aliphatic rings. The van der Waals surface area contributed by atoms with Crippen molar-refractivity contribution in [1.29, 1.82) is 0 Å². The van der Waals surface area contributed by atoms with Crippen molar-refractivity contribution in [2.45, 2.75) is 37.6 Å². The summed E-state index contributed by atoms with van der Waals surface area (Å²) in [6.45, 7) is -0.242. The second-order valence-corrected chi connectivity index (χ2v) is 6.83. The van der Waals surface area contributed by atoms with E-state index in [4.69, 9.17) is 0 Å². The van der Waals surface area contributed by atoms with Gasteiger partial charge >= 0.3 is 0 Å². The quantitative estimate of drug-likeness (QED) is 0.844. The van der Waals surface area contributed by atoms with Gasteiger partial charge in [-0.3, -0.25) is 9.59 Å². The van der Waals surface area contributed by atoms with E-state index in [1.807, 2.05) is 18.2 Å². The molecule has 0 aromatic heterocycles. The van der Waals surface area contributed by atoms with Crippen LogP contribution < -0.4 is 10.6 Å². The number of carbonyl (C=O) groups is 2. The Morgan fingerprint density at radius 3 is 2.33 bits per heavy atom. The van der Waals surface area contributed by atoms with E-state index < -0.39 is 17.5 Å². The number of rotatable bonds is 5. The summed E-state index contributed by atoms with van der Waals surface area (Å²) in [6.07, 6.45) is 3.77. The van der Waals surface area contributed by atoms with Crippen molar-refractivity contribution < 1.29 is 18.4 Å². The van der Waals surface area contributed by atoms with E-state index in [2.05, 4.69) is 22.8 Å². The van der Waals surface area contributed by atoms with Gasteiger partial charge in [0.05, 0.1) is 12.1 Å². The van der Waals surface area contributed by atoms with Crippen LogP contribution in [0.25, 0.3) is 0 Å². The van der Waals surface area contributed by atoms with Crippen LogP contribution in [-0.2, 0) is 4.79 Å². The minimum atomic E-state index is -0.952. The molecule has 0 saturated heterocycles. The molecular weight excluding hydrogens is 350 g/mol. The maximum Gasteiger partial charge on any atom is 0.254 e. The Kier molecular flexibility index (Phi) is 6.16. The van der Waals surface area contributed by atoms with E-state index in [1.54, 1.807) is 0 Å². The van der Waals surface area contributed by atoms with Gasteiger partial charge in [-0.25, -0.2) is 8.78 Å². The average Bonchev–Trinajstić information content (AvgIpc) is 2.67. The second kappa shape index (κ2) is 8.75. The third-order valence-corrected chi connectivity index (χ3v) is 4.95. The van der Waals surface area contributed by atoms with Crippen LogP contribution in [0.2, 0.25) is 0 Å². The largest absolute Gasteiger partial charge is 0.352 e. The highest BCUT2D eigenvalue weighted by molar-refractivity contribution is 5.96.